The van der Waals surface area contributed by atoms with Crippen LogP contribution >= 0.6 is 0 Å². The minimum atomic E-state index is 0.399. The number of rotatable bonds is 11. The van der Waals surface area contributed by atoms with Gasteiger partial charge in [-0.3, -0.25) is 0 Å². The molecule has 0 N–H and O–H groups in total. The molecule has 1 aromatic carbocycles. The highest BCUT2D eigenvalue weighted by Crippen LogP contribution is 2.31. The van der Waals surface area contributed by atoms with Gasteiger partial charge in [-0.05, 0) is 18.4 Å². The van der Waals surface area contributed by atoms with E-state index in [-0.39, 0.29) is 0 Å². The second-order valence-corrected chi connectivity index (χ2v) is 6.68. The monoisotopic (exact) mass is 314 g/mol. The van der Waals surface area contributed by atoms with Gasteiger partial charge >= 0.3 is 0 Å². The van der Waals surface area contributed by atoms with E-state index in [1.165, 1.54) is 63.5 Å². The molecule has 1 aromatic rings. The van der Waals surface area contributed by atoms with Crippen molar-refractivity contribution < 1.29 is 0 Å². The first kappa shape index (κ1) is 17.9. The van der Waals surface area contributed by atoms with Crippen LogP contribution in [-0.4, -0.2) is 22.9 Å². The van der Waals surface area contributed by atoms with Crippen LogP contribution in [-0.2, 0) is 0 Å². The smallest absolute Gasteiger partial charge is 0.127 e. The van der Waals surface area contributed by atoms with Crippen molar-refractivity contribution in [3.05, 3.63) is 48.3 Å². The molecule has 23 heavy (non-hydrogen) atoms. The van der Waals surface area contributed by atoms with Gasteiger partial charge in [0.05, 0.1) is 0 Å². The third kappa shape index (κ3) is 5.60. The molecule has 1 aliphatic rings. The maximum absolute atomic E-state index is 2.52. The maximum atomic E-state index is 2.52. The zero-order valence-electron chi connectivity index (χ0n) is 15.1. The molecule has 128 valence electrons. The second-order valence-electron chi connectivity index (χ2n) is 6.68. The summed E-state index contributed by atoms with van der Waals surface area (Å²) in [6.07, 6.45) is 15.8. The number of benzene rings is 1. The third-order valence-corrected chi connectivity index (χ3v) is 4.68. The van der Waals surface area contributed by atoms with Gasteiger partial charge in [-0.1, -0.05) is 82.7 Å². The third-order valence-electron chi connectivity index (χ3n) is 4.68. The minimum absolute atomic E-state index is 0.399. The van der Waals surface area contributed by atoms with Crippen LogP contribution in [0.4, 0.5) is 0 Å². The van der Waals surface area contributed by atoms with Crippen LogP contribution in [0.2, 0.25) is 0 Å². The van der Waals surface area contributed by atoms with Crippen molar-refractivity contribution >= 4 is 0 Å². The summed E-state index contributed by atoms with van der Waals surface area (Å²) < 4.78 is 0. The summed E-state index contributed by atoms with van der Waals surface area (Å²) in [7, 11) is 0. The Morgan fingerprint density at radius 2 is 1.30 bits per heavy atom. The summed E-state index contributed by atoms with van der Waals surface area (Å²) in [5.41, 5.74) is 1.41. The lowest BCUT2D eigenvalue weighted by atomic mass is 10.1. The first-order valence-electron chi connectivity index (χ1n) is 9.61. The SMILES string of the molecule is CCCCCCCCCN1C=CN(CCC)C1c1ccccc1. The molecule has 0 aliphatic carbocycles. The zero-order chi connectivity index (χ0) is 16.3. The predicted octanol–water partition coefficient (Wildman–Crippen LogP) is 5.93. The molecule has 1 atom stereocenters. The summed E-state index contributed by atoms with van der Waals surface area (Å²) in [5.74, 6) is 0. The molecule has 0 amide bonds. The predicted molar refractivity (Wildman–Crippen MR) is 100 cm³/mol. The van der Waals surface area contributed by atoms with Gasteiger partial charge in [-0.2, -0.15) is 0 Å². The van der Waals surface area contributed by atoms with E-state index in [1.54, 1.807) is 0 Å². The quantitative estimate of drug-likeness (QED) is 0.467. The lowest BCUT2D eigenvalue weighted by Gasteiger charge is -2.33. The van der Waals surface area contributed by atoms with Crippen molar-refractivity contribution in [1.82, 2.24) is 9.80 Å². The van der Waals surface area contributed by atoms with Crippen LogP contribution in [0.5, 0.6) is 0 Å². The average molecular weight is 315 g/mol. The summed E-state index contributed by atoms with van der Waals surface area (Å²) in [6, 6.07) is 10.9. The Morgan fingerprint density at radius 3 is 1.96 bits per heavy atom. The van der Waals surface area contributed by atoms with Gasteiger partial charge in [0.15, 0.2) is 0 Å². The van der Waals surface area contributed by atoms with Gasteiger partial charge in [0, 0.05) is 25.5 Å². The molecular formula is C21H34N2. The Kier molecular flexibility index (Phi) is 8.06. The fourth-order valence-electron chi connectivity index (χ4n) is 3.44. The molecule has 2 heteroatoms. The number of unbranched alkanes of at least 4 members (excludes halogenated alkanes) is 6. The van der Waals surface area contributed by atoms with Crippen molar-refractivity contribution in [1.29, 1.82) is 0 Å². The highest BCUT2D eigenvalue weighted by Gasteiger charge is 2.26. The fourth-order valence-corrected chi connectivity index (χ4v) is 3.44. The highest BCUT2D eigenvalue weighted by molar-refractivity contribution is 5.21. The van der Waals surface area contributed by atoms with Crippen molar-refractivity contribution in [2.24, 2.45) is 0 Å². The molecule has 2 rings (SSSR count). The summed E-state index contributed by atoms with van der Waals surface area (Å²) >= 11 is 0. The van der Waals surface area contributed by atoms with Gasteiger partial charge in [-0.15, -0.1) is 0 Å². The first-order chi connectivity index (χ1) is 11.4. The van der Waals surface area contributed by atoms with E-state index in [4.69, 9.17) is 0 Å². The van der Waals surface area contributed by atoms with E-state index in [2.05, 4.69) is 66.4 Å². The lowest BCUT2D eigenvalue weighted by Crippen LogP contribution is -2.31. The Labute approximate surface area is 143 Å². The van der Waals surface area contributed by atoms with Gasteiger partial charge in [-0.25, -0.2) is 0 Å². The Balaban J connectivity index is 1.81. The van der Waals surface area contributed by atoms with Crippen LogP contribution in [0.15, 0.2) is 42.7 Å². The van der Waals surface area contributed by atoms with E-state index in [0.717, 1.165) is 6.54 Å². The molecule has 0 aromatic heterocycles. The van der Waals surface area contributed by atoms with Crippen molar-refractivity contribution in [3.8, 4) is 0 Å². The van der Waals surface area contributed by atoms with Crippen LogP contribution in [0, 0.1) is 0 Å². The Hall–Kier alpha value is -1.44. The van der Waals surface area contributed by atoms with Crippen molar-refractivity contribution in [2.45, 2.75) is 71.4 Å². The van der Waals surface area contributed by atoms with E-state index in [0.29, 0.717) is 6.17 Å². The largest absolute Gasteiger partial charge is 0.352 e. The van der Waals surface area contributed by atoms with Crippen LogP contribution in [0.1, 0.15) is 76.9 Å². The molecule has 0 saturated carbocycles. The second kappa shape index (κ2) is 10.4. The summed E-state index contributed by atoms with van der Waals surface area (Å²) in [6.45, 7) is 6.84. The van der Waals surface area contributed by atoms with Crippen LogP contribution < -0.4 is 0 Å². The lowest BCUT2D eigenvalue weighted by molar-refractivity contribution is 0.152. The van der Waals surface area contributed by atoms with E-state index in [1.807, 2.05) is 0 Å². The normalized spacial score (nSPS) is 17.2. The van der Waals surface area contributed by atoms with E-state index in [9.17, 15) is 0 Å². The summed E-state index contributed by atoms with van der Waals surface area (Å²) in [5, 5.41) is 0. The maximum Gasteiger partial charge on any atom is 0.127 e. The number of nitrogens with zero attached hydrogens (tertiary/aromatic N) is 2. The zero-order valence-corrected chi connectivity index (χ0v) is 15.1. The molecule has 1 aliphatic heterocycles. The first-order valence-corrected chi connectivity index (χ1v) is 9.61. The Morgan fingerprint density at radius 1 is 0.696 bits per heavy atom. The Bertz CT molecular complexity index is 440. The molecular weight excluding hydrogens is 280 g/mol. The minimum Gasteiger partial charge on any atom is -0.352 e. The van der Waals surface area contributed by atoms with Crippen molar-refractivity contribution in [3.63, 3.8) is 0 Å². The number of hydrogen-bond donors (Lipinski definition) is 0. The number of hydrogen-bond acceptors (Lipinski definition) is 2. The average Bonchev–Trinajstić information content (AvgIpc) is 2.98. The highest BCUT2D eigenvalue weighted by atomic mass is 15.4. The van der Waals surface area contributed by atoms with Gasteiger partial charge in [0.2, 0.25) is 0 Å². The van der Waals surface area contributed by atoms with Gasteiger partial charge in [0.1, 0.15) is 6.17 Å². The molecule has 0 saturated heterocycles. The summed E-state index contributed by atoms with van der Waals surface area (Å²) in [4.78, 5) is 5.01. The van der Waals surface area contributed by atoms with Crippen LogP contribution in [0.3, 0.4) is 0 Å². The molecule has 1 heterocycles. The van der Waals surface area contributed by atoms with Crippen LogP contribution in [0.25, 0.3) is 0 Å². The van der Waals surface area contributed by atoms with Gasteiger partial charge in [0.25, 0.3) is 0 Å². The van der Waals surface area contributed by atoms with E-state index < -0.39 is 0 Å². The molecule has 0 bridgehead atoms. The molecule has 0 spiro atoms. The van der Waals surface area contributed by atoms with E-state index >= 15 is 0 Å². The standard InChI is InChI=1S/C21H34N2/c1-3-5-6-7-8-9-13-17-23-19-18-22(16-4-2)21(23)20-14-11-10-12-15-20/h10-12,14-15,18-19,21H,3-9,13,16-17H2,1-2H3. The molecule has 2 nitrogen and oxygen atoms in total. The van der Waals surface area contributed by atoms with Crippen molar-refractivity contribution in [2.75, 3.05) is 13.1 Å². The van der Waals surface area contributed by atoms with Gasteiger partial charge < -0.3 is 9.80 Å². The molecule has 0 radical (unpaired) electrons. The fraction of sp³-hybridized carbons (Fsp3) is 0.619. The molecule has 0 fully saturated rings. The molecule has 1 unspecified atom stereocenters. The topological polar surface area (TPSA) is 6.48 Å².